The largest absolute Gasteiger partial charge is 0.489 e. The van der Waals surface area contributed by atoms with Crippen molar-refractivity contribution in [3.63, 3.8) is 0 Å². The Balaban J connectivity index is 0.00000480. The molecule has 1 amide bonds. The third kappa shape index (κ3) is 8.64. The van der Waals surface area contributed by atoms with Crippen molar-refractivity contribution in [1.82, 2.24) is 10.6 Å². The van der Waals surface area contributed by atoms with Crippen LogP contribution >= 0.6 is 24.0 Å². The lowest BCUT2D eigenvalue weighted by Gasteiger charge is -2.20. The predicted octanol–water partition coefficient (Wildman–Crippen LogP) is 3.94. The fraction of sp³-hybridized carbons (Fsp3) is 0.333. The molecule has 2 rings (SSSR count). The molecule has 4 N–H and O–H groups in total. The summed E-state index contributed by atoms with van der Waals surface area (Å²) in [5, 5.41) is 6.20. The van der Waals surface area contributed by atoms with Crippen LogP contribution < -0.4 is 21.1 Å². The first-order chi connectivity index (χ1) is 14.2. The number of hydrogen-bond acceptors (Lipinski definition) is 3. The molecule has 0 aromatic heterocycles. The SMILES string of the molecule is CCC(CNC(=NC)NCc1cccc(C(N)=O)c1)Oc1cccc(C(F)(F)F)c1.I. The number of hydrogen-bond donors (Lipinski definition) is 3. The number of guanidine groups is 1. The monoisotopic (exact) mass is 550 g/mol. The quantitative estimate of drug-likeness (QED) is 0.264. The average molecular weight is 550 g/mol. The Kier molecular flexibility index (Phi) is 10.6. The molecule has 6 nitrogen and oxygen atoms in total. The van der Waals surface area contributed by atoms with Crippen molar-refractivity contribution < 1.29 is 22.7 Å². The molecule has 1 atom stereocenters. The van der Waals surface area contributed by atoms with Crippen LogP contribution in [0.4, 0.5) is 13.2 Å². The van der Waals surface area contributed by atoms with Gasteiger partial charge in [-0.25, -0.2) is 0 Å². The minimum Gasteiger partial charge on any atom is -0.489 e. The van der Waals surface area contributed by atoms with Crippen LogP contribution in [0.3, 0.4) is 0 Å². The van der Waals surface area contributed by atoms with Gasteiger partial charge in [-0.1, -0.05) is 25.1 Å². The summed E-state index contributed by atoms with van der Waals surface area (Å²) in [6.07, 6.45) is -4.19. The zero-order chi connectivity index (χ0) is 22.1. The number of halogens is 4. The summed E-state index contributed by atoms with van der Waals surface area (Å²) < 4.78 is 44.3. The lowest BCUT2D eigenvalue weighted by atomic mass is 10.1. The van der Waals surface area contributed by atoms with Crippen LogP contribution in [0.15, 0.2) is 53.5 Å². The number of nitrogens with zero attached hydrogens (tertiary/aromatic N) is 1. The van der Waals surface area contributed by atoms with E-state index >= 15 is 0 Å². The molecule has 2 aromatic carbocycles. The molecule has 0 bridgehead atoms. The van der Waals surface area contributed by atoms with Crippen molar-refractivity contribution in [2.75, 3.05) is 13.6 Å². The normalized spacial score (nSPS) is 12.5. The van der Waals surface area contributed by atoms with Crippen LogP contribution in [0.5, 0.6) is 5.75 Å². The number of carbonyl (C=O) groups is 1. The van der Waals surface area contributed by atoms with E-state index in [0.717, 1.165) is 17.7 Å². The fourth-order valence-corrected chi connectivity index (χ4v) is 2.66. The van der Waals surface area contributed by atoms with Crippen molar-refractivity contribution in [3.05, 3.63) is 65.2 Å². The summed E-state index contributed by atoms with van der Waals surface area (Å²) in [6, 6.07) is 11.7. The number of benzene rings is 2. The van der Waals surface area contributed by atoms with Crippen LogP contribution in [-0.4, -0.2) is 31.6 Å². The number of nitrogens with two attached hydrogens (primary N) is 1. The van der Waals surface area contributed by atoms with E-state index in [1.807, 2.05) is 13.0 Å². The zero-order valence-electron chi connectivity index (χ0n) is 17.2. The Hall–Kier alpha value is -2.50. The van der Waals surface area contributed by atoms with E-state index in [1.54, 1.807) is 25.2 Å². The molecule has 0 fully saturated rings. The maximum atomic E-state index is 12.9. The fourth-order valence-electron chi connectivity index (χ4n) is 2.66. The summed E-state index contributed by atoms with van der Waals surface area (Å²) in [5.41, 5.74) is 5.80. The molecule has 0 heterocycles. The first-order valence-electron chi connectivity index (χ1n) is 9.40. The Bertz CT molecular complexity index is 891. The van der Waals surface area contributed by atoms with Gasteiger partial charge in [0.25, 0.3) is 0 Å². The lowest BCUT2D eigenvalue weighted by molar-refractivity contribution is -0.137. The highest BCUT2D eigenvalue weighted by Crippen LogP contribution is 2.31. The smallest absolute Gasteiger partial charge is 0.416 e. The van der Waals surface area contributed by atoms with E-state index < -0.39 is 17.6 Å². The molecule has 31 heavy (non-hydrogen) atoms. The van der Waals surface area contributed by atoms with Crippen LogP contribution in [-0.2, 0) is 12.7 Å². The Morgan fingerprint density at radius 1 is 1.16 bits per heavy atom. The highest BCUT2D eigenvalue weighted by atomic mass is 127. The second-order valence-corrected chi connectivity index (χ2v) is 6.54. The van der Waals surface area contributed by atoms with Gasteiger partial charge in [-0.15, -0.1) is 24.0 Å². The van der Waals surface area contributed by atoms with Gasteiger partial charge in [-0.2, -0.15) is 13.2 Å². The number of carbonyl (C=O) groups excluding carboxylic acids is 1. The highest BCUT2D eigenvalue weighted by molar-refractivity contribution is 14.0. The van der Waals surface area contributed by atoms with Crippen LogP contribution in [0.25, 0.3) is 0 Å². The Morgan fingerprint density at radius 3 is 2.48 bits per heavy atom. The van der Waals surface area contributed by atoms with Crippen LogP contribution in [0, 0.1) is 0 Å². The molecule has 2 aromatic rings. The second kappa shape index (κ2) is 12.4. The number of ether oxygens (including phenoxy) is 1. The third-order valence-electron chi connectivity index (χ3n) is 4.31. The van der Waals surface area contributed by atoms with Crippen molar-refractivity contribution in [2.24, 2.45) is 10.7 Å². The van der Waals surface area contributed by atoms with Crippen molar-refractivity contribution in [2.45, 2.75) is 32.2 Å². The molecule has 10 heteroatoms. The molecule has 0 aliphatic heterocycles. The lowest BCUT2D eigenvalue weighted by Crippen LogP contribution is -2.42. The summed E-state index contributed by atoms with van der Waals surface area (Å²) >= 11 is 0. The molecule has 0 aliphatic carbocycles. The maximum Gasteiger partial charge on any atom is 0.416 e. The van der Waals surface area contributed by atoms with Gasteiger partial charge < -0.3 is 21.1 Å². The second-order valence-electron chi connectivity index (χ2n) is 6.54. The molecular weight excluding hydrogens is 524 g/mol. The van der Waals surface area contributed by atoms with Gasteiger partial charge in [0.2, 0.25) is 5.91 Å². The van der Waals surface area contributed by atoms with E-state index in [1.165, 1.54) is 12.1 Å². The Morgan fingerprint density at radius 2 is 1.87 bits per heavy atom. The van der Waals surface area contributed by atoms with Crippen molar-refractivity contribution in [1.29, 1.82) is 0 Å². The highest BCUT2D eigenvalue weighted by Gasteiger charge is 2.30. The average Bonchev–Trinajstić information content (AvgIpc) is 2.72. The first kappa shape index (κ1) is 26.5. The van der Waals surface area contributed by atoms with Gasteiger partial charge in [0.1, 0.15) is 11.9 Å². The summed E-state index contributed by atoms with van der Waals surface area (Å²) in [6.45, 7) is 2.63. The molecule has 0 radical (unpaired) electrons. The molecule has 0 aliphatic rings. The van der Waals surface area contributed by atoms with E-state index in [-0.39, 0.29) is 35.8 Å². The minimum atomic E-state index is -4.42. The summed E-state index contributed by atoms with van der Waals surface area (Å²) in [7, 11) is 1.60. The number of rotatable bonds is 8. The van der Waals surface area contributed by atoms with Gasteiger partial charge in [0.15, 0.2) is 5.96 Å². The van der Waals surface area contributed by atoms with Gasteiger partial charge in [0.05, 0.1) is 12.1 Å². The molecular formula is C21H26F3IN4O2. The summed E-state index contributed by atoms with van der Waals surface area (Å²) in [4.78, 5) is 15.4. The standard InChI is InChI=1S/C21H25F3N4O2.HI/c1-3-17(30-18-9-5-8-16(11-18)21(22,23)24)13-28-20(26-2)27-12-14-6-4-7-15(10-14)19(25)29;/h4-11,17H,3,12-13H2,1-2H3,(H2,25,29)(H2,26,27,28);1H. The Labute approximate surface area is 196 Å². The zero-order valence-corrected chi connectivity index (χ0v) is 19.5. The van der Waals surface area contributed by atoms with Crippen molar-refractivity contribution >= 4 is 35.8 Å². The van der Waals surface area contributed by atoms with Gasteiger partial charge >= 0.3 is 6.18 Å². The van der Waals surface area contributed by atoms with Crippen LogP contribution in [0.2, 0.25) is 0 Å². The van der Waals surface area contributed by atoms with E-state index in [2.05, 4.69) is 15.6 Å². The number of amides is 1. The van der Waals surface area contributed by atoms with Gasteiger partial charge in [-0.3, -0.25) is 9.79 Å². The number of alkyl halides is 3. The molecule has 0 saturated heterocycles. The maximum absolute atomic E-state index is 12.9. The topological polar surface area (TPSA) is 88.7 Å². The molecule has 0 saturated carbocycles. The summed E-state index contributed by atoms with van der Waals surface area (Å²) in [5.74, 6) is 0.146. The minimum absolute atomic E-state index is 0. The van der Waals surface area contributed by atoms with Gasteiger partial charge in [-0.05, 0) is 42.3 Å². The van der Waals surface area contributed by atoms with Crippen LogP contribution in [0.1, 0.15) is 34.8 Å². The molecule has 170 valence electrons. The predicted molar refractivity (Wildman–Crippen MR) is 125 cm³/mol. The van der Waals surface area contributed by atoms with Gasteiger partial charge in [0, 0.05) is 19.2 Å². The number of primary amides is 1. The first-order valence-corrected chi connectivity index (χ1v) is 9.40. The van der Waals surface area contributed by atoms with E-state index in [4.69, 9.17) is 10.5 Å². The molecule has 1 unspecified atom stereocenters. The van der Waals surface area contributed by atoms with E-state index in [0.29, 0.717) is 31.0 Å². The van der Waals surface area contributed by atoms with E-state index in [9.17, 15) is 18.0 Å². The third-order valence-corrected chi connectivity index (χ3v) is 4.31. The number of nitrogens with one attached hydrogen (secondary N) is 2. The molecule has 0 spiro atoms. The number of aliphatic imine (C=N–C) groups is 1. The van der Waals surface area contributed by atoms with Crippen molar-refractivity contribution in [3.8, 4) is 5.75 Å².